The summed E-state index contributed by atoms with van der Waals surface area (Å²) in [6.45, 7) is 0.410. The van der Waals surface area contributed by atoms with Gasteiger partial charge in [-0.2, -0.15) is 8.42 Å². The maximum absolute atomic E-state index is 13.7. The van der Waals surface area contributed by atoms with Gasteiger partial charge in [0, 0.05) is 23.9 Å². The first kappa shape index (κ1) is 29.6. The van der Waals surface area contributed by atoms with E-state index in [1.807, 2.05) is 12.2 Å². The molecule has 1 aromatic rings. The third-order valence-corrected chi connectivity index (χ3v) is 9.81. The predicted octanol–water partition coefficient (Wildman–Crippen LogP) is 3.48. The summed E-state index contributed by atoms with van der Waals surface area (Å²) in [7, 11) is -4.27. The molecule has 3 N–H and O–H groups in total. The van der Waals surface area contributed by atoms with Gasteiger partial charge in [0.25, 0.3) is 0 Å². The molecule has 10 nitrogen and oxygen atoms in total. The second kappa shape index (κ2) is 12.1. The highest BCUT2D eigenvalue weighted by Crippen LogP contribution is 2.57. The van der Waals surface area contributed by atoms with Crippen LogP contribution in [-0.2, 0) is 29.4 Å². The standard InChI is InChI=1S/C29H37ClN4O6S/c30-21-12-14-22(15-13-21)32-41(39,40)33-28(38)29-17-20(29)7-4-2-1-3-5-8-23(31-26(36)19-10-11-19)27(37)34-16-6-9-24(34)25(35)18-29/h4,7,12-15,19-20,23-24,32H,1-3,5-6,8-11,16-18H2,(H,31,36)(H,33,38)/b7-4-/t20-,23+,24+,29-/m1/s1. The molecule has 2 aliphatic carbocycles. The zero-order valence-corrected chi connectivity index (χ0v) is 24.5. The summed E-state index contributed by atoms with van der Waals surface area (Å²) in [4.78, 5) is 55.0. The molecule has 0 bridgehead atoms. The Kier molecular flexibility index (Phi) is 8.75. The summed E-state index contributed by atoms with van der Waals surface area (Å²) < 4.78 is 30.1. The fourth-order valence-electron chi connectivity index (χ4n) is 5.99. The van der Waals surface area contributed by atoms with Crippen molar-refractivity contribution in [2.75, 3.05) is 11.3 Å². The number of rotatable bonds is 6. The third kappa shape index (κ3) is 7.12. The van der Waals surface area contributed by atoms with Crippen molar-refractivity contribution in [3.8, 4) is 0 Å². The summed E-state index contributed by atoms with van der Waals surface area (Å²) in [6, 6.07) is 4.63. The molecule has 0 spiro atoms. The number of nitrogens with zero attached hydrogens (tertiary/aromatic N) is 1. The number of anilines is 1. The van der Waals surface area contributed by atoms with Gasteiger partial charge in [0.15, 0.2) is 5.78 Å². The number of amides is 3. The Morgan fingerprint density at radius 2 is 1.73 bits per heavy atom. The van der Waals surface area contributed by atoms with E-state index in [2.05, 4.69) is 14.8 Å². The second-order valence-electron chi connectivity index (χ2n) is 11.7. The van der Waals surface area contributed by atoms with Gasteiger partial charge in [-0.05, 0) is 81.5 Å². The SMILES string of the molecule is O=C(N[C@H]1CCCCC/C=C\[C@@H]2C[C@@]2(C(=O)NS(=O)(=O)Nc2ccc(Cl)cc2)CC(=O)[C@@H]2CCCN2C1=O)C1CC1. The van der Waals surface area contributed by atoms with Crippen molar-refractivity contribution in [1.82, 2.24) is 14.9 Å². The minimum Gasteiger partial charge on any atom is -0.344 e. The van der Waals surface area contributed by atoms with Crippen molar-refractivity contribution in [1.29, 1.82) is 0 Å². The first-order valence-corrected chi connectivity index (χ1v) is 16.3. The highest BCUT2D eigenvalue weighted by atomic mass is 35.5. The van der Waals surface area contributed by atoms with Gasteiger partial charge in [0.2, 0.25) is 17.7 Å². The lowest BCUT2D eigenvalue weighted by molar-refractivity contribution is -0.142. The molecular formula is C29H37ClN4O6S. The van der Waals surface area contributed by atoms with Gasteiger partial charge in [-0.15, -0.1) is 0 Å². The van der Waals surface area contributed by atoms with Gasteiger partial charge in [-0.25, -0.2) is 4.72 Å². The quantitative estimate of drug-likeness (QED) is 0.425. The van der Waals surface area contributed by atoms with Crippen molar-refractivity contribution < 1.29 is 27.6 Å². The van der Waals surface area contributed by atoms with Crippen LogP contribution < -0.4 is 14.8 Å². The largest absolute Gasteiger partial charge is 0.344 e. The molecule has 0 unspecified atom stereocenters. The number of hydrogen-bond acceptors (Lipinski definition) is 6. The Labute approximate surface area is 245 Å². The average Bonchev–Trinajstić information content (AvgIpc) is 3.84. The van der Waals surface area contributed by atoms with Crippen molar-refractivity contribution in [2.24, 2.45) is 17.3 Å². The molecule has 2 heterocycles. The van der Waals surface area contributed by atoms with Crippen LogP contribution >= 0.6 is 11.6 Å². The lowest BCUT2D eigenvalue weighted by atomic mass is 9.91. The van der Waals surface area contributed by atoms with E-state index in [1.165, 1.54) is 24.3 Å². The zero-order valence-electron chi connectivity index (χ0n) is 22.9. The van der Waals surface area contributed by atoms with Gasteiger partial charge in [0.05, 0.1) is 17.1 Å². The number of allylic oxidation sites excluding steroid dienone is 2. The summed E-state index contributed by atoms with van der Waals surface area (Å²) >= 11 is 5.87. The van der Waals surface area contributed by atoms with E-state index in [-0.39, 0.29) is 41.5 Å². The molecule has 4 aliphatic rings. The van der Waals surface area contributed by atoms with Gasteiger partial charge in [0.1, 0.15) is 6.04 Å². The number of halogens is 1. The molecule has 5 rings (SSSR count). The number of carbonyl (C=O) groups excluding carboxylic acids is 4. The van der Waals surface area contributed by atoms with Crippen LogP contribution in [0, 0.1) is 17.3 Å². The summed E-state index contributed by atoms with van der Waals surface area (Å²) in [5, 5.41) is 3.38. The lowest BCUT2D eigenvalue weighted by Crippen LogP contribution is -2.52. The molecule has 0 radical (unpaired) electrons. The van der Waals surface area contributed by atoms with E-state index < -0.39 is 33.6 Å². The summed E-state index contributed by atoms with van der Waals surface area (Å²) in [6.07, 6.45) is 10.7. The minimum atomic E-state index is -4.27. The molecule has 4 atom stereocenters. The summed E-state index contributed by atoms with van der Waals surface area (Å²) in [5.41, 5.74) is -0.972. The Hall–Kier alpha value is -2.92. The maximum atomic E-state index is 13.7. The number of nitrogens with one attached hydrogen (secondary N) is 3. The predicted molar refractivity (Wildman–Crippen MR) is 154 cm³/mol. The number of carbonyl (C=O) groups is 4. The molecule has 12 heteroatoms. The topological polar surface area (TPSA) is 142 Å². The number of fused-ring (bicyclic) bond motifs is 2. The van der Waals surface area contributed by atoms with E-state index in [1.54, 1.807) is 4.90 Å². The fraction of sp³-hybridized carbons (Fsp3) is 0.586. The molecule has 222 valence electrons. The number of ketones is 1. The van der Waals surface area contributed by atoms with Gasteiger partial charge >= 0.3 is 10.2 Å². The molecule has 41 heavy (non-hydrogen) atoms. The van der Waals surface area contributed by atoms with Crippen LogP contribution in [0.15, 0.2) is 36.4 Å². The van der Waals surface area contributed by atoms with Crippen LogP contribution in [0.1, 0.15) is 70.6 Å². The molecular weight excluding hydrogens is 568 g/mol. The van der Waals surface area contributed by atoms with E-state index in [9.17, 15) is 27.6 Å². The first-order valence-electron chi connectivity index (χ1n) is 14.5. The average molecular weight is 605 g/mol. The molecule has 2 aliphatic heterocycles. The Balaban J connectivity index is 1.33. The van der Waals surface area contributed by atoms with E-state index in [0.717, 1.165) is 38.5 Å². The normalized spacial score (nSPS) is 29.8. The highest BCUT2D eigenvalue weighted by Gasteiger charge is 2.61. The van der Waals surface area contributed by atoms with Crippen LogP contribution in [0.4, 0.5) is 5.69 Å². The van der Waals surface area contributed by atoms with E-state index in [4.69, 9.17) is 11.6 Å². The van der Waals surface area contributed by atoms with Crippen molar-refractivity contribution >= 4 is 51.0 Å². The van der Waals surface area contributed by atoms with Crippen LogP contribution in [0.2, 0.25) is 5.02 Å². The van der Waals surface area contributed by atoms with Crippen LogP contribution in [0.25, 0.3) is 0 Å². The fourth-order valence-corrected chi connectivity index (χ4v) is 7.06. The first-order chi connectivity index (χ1) is 19.6. The zero-order chi connectivity index (χ0) is 29.2. The molecule has 2 saturated carbocycles. The summed E-state index contributed by atoms with van der Waals surface area (Å²) in [5.74, 6) is -1.65. The minimum absolute atomic E-state index is 0.0313. The van der Waals surface area contributed by atoms with E-state index >= 15 is 0 Å². The molecule has 0 aromatic heterocycles. The lowest BCUT2D eigenvalue weighted by Gasteiger charge is -2.29. The molecule has 1 saturated heterocycles. The Bertz CT molecular complexity index is 1330. The van der Waals surface area contributed by atoms with E-state index in [0.29, 0.717) is 37.3 Å². The molecule has 1 aromatic carbocycles. The highest BCUT2D eigenvalue weighted by molar-refractivity contribution is 7.91. The van der Waals surface area contributed by atoms with Crippen molar-refractivity contribution in [3.05, 3.63) is 41.4 Å². The van der Waals surface area contributed by atoms with Gasteiger partial charge in [-0.1, -0.05) is 36.6 Å². The molecule has 3 amide bonds. The molecule has 3 fully saturated rings. The number of Topliss-reactive ketones (excluding diaryl/α,β-unsaturated/α-hetero) is 1. The smallest absolute Gasteiger partial charge is 0.323 e. The van der Waals surface area contributed by atoms with Crippen LogP contribution in [0.5, 0.6) is 0 Å². The second-order valence-corrected chi connectivity index (χ2v) is 13.6. The third-order valence-electron chi connectivity index (χ3n) is 8.60. The Morgan fingerprint density at radius 3 is 2.46 bits per heavy atom. The number of hydrogen-bond donors (Lipinski definition) is 3. The van der Waals surface area contributed by atoms with Gasteiger partial charge in [-0.3, -0.25) is 23.9 Å². The van der Waals surface area contributed by atoms with Crippen LogP contribution in [-0.4, -0.2) is 55.5 Å². The van der Waals surface area contributed by atoms with Crippen LogP contribution in [0.3, 0.4) is 0 Å². The van der Waals surface area contributed by atoms with Crippen molar-refractivity contribution in [3.63, 3.8) is 0 Å². The van der Waals surface area contributed by atoms with Crippen molar-refractivity contribution in [2.45, 2.75) is 82.7 Å². The Morgan fingerprint density at radius 1 is 0.976 bits per heavy atom. The van der Waals surface area contributed by atoms with Gasteiger partial charge < -0.3 is 10.2 Å². The monoisotopic (exact) mass is 604 g/mol. The number of benzene rings is 1. The maximum Gasteiger partial charge on any atom is 0.323 e.